The number of hydrogen-bond donors (Lipinski definition) is 0. The molecule has 1 atom stereocenters. The van der Waals surface area contributed by atoms with Crippen LogP contribution in [0.25, 0.3) is 11.6 Å². The largest absolute Gasteiger partial charge is 0.461 e. The monoisotopic (exact) mass is 265 g/mol. The van der Waals surface area contributed by atoms with Crippen molar-refractivity contribution in [3.63, 3.8) is 0 Å². The van der Waals surface area contributed by atoms with E-state index in [1.165, 1.54) is 0 Å². The van der Waals surface area contributed by atoms with Crippen LogP contribution in [0.4, 0.5) is 0 Å². The van der Waals surface area contributed by atoms with Gasteiger partial charge in [0.2, 0.25) is 0 Å². The molecule has 3 rings (SSSR count). The number of aromatic nitrogens is 3. The maximum Gasteiger partial charge on any atom is 0.200 e. The molecular formula is C12H15N3O2S. The summed E-state index contributed by atoms with van der Waals surface area (Å²) in [4.78, 5) is 0. The van der Waals surface area contributed by atoms with Gasteiger partial charge in [0.05, 0.1) is 12.9 Å². The van der Waals surface area contributed by atoms with Crippen LogP contribution in [0.1, 0.15) is 13.3 Å². The Balaban J connectivity index is 1.86. The normalized spacial score (nSPS) is 19.5. The summed E-state index contributed by atoms with van der Waals surface area (Å²) in [6.07, 6.45) is 2.74. The van der Waals surface area contributed by atoms with Crippen molar-refractivity contribution in [1.29, 1.82) is 0 Å². The molecule has 1 aliphatic heterocycles. The van der Waals surface area contributed by atoms with E-state index >= 15 is 0 Å². The molecule has 1 aliphatic rings. The molecule has 0 spiro atoms. The van der Waals surface area contributed by atoms with Gasteiger partial charge >= 0.3 is 0 Å². The van der Waals surface area contributed by atoms with E-state index in [1.807, 2.05) is 12.1 Å². The average Bonchev–Trinajstić information content (AvgIpc) is 3.10. The lowest BCUT2D eigenvalue weighted by Gasteiger charge is -2.08. The summed E-state index contributed by atoms with van der Waals surface area (Å²) in [5.41, 5.74) is 0. The highest BCUT2D eigenvalue weighted by atomic mass is 32.2. The fourth-order valence-electron chi connectivity index (χ4n) is 2.00. The van der Waals surface area contributed by atoms with Crippen LogP contribution in [-0.4, -0.2) is 33.2 Å². The van der Waals surface area contributed by atoms with Gasteiger partial charge in [-0.2, -0.15) is 0 Å². The fraction of sp³-hybridized carbons (Fsp3) is 0.500. The number of ether oxygens (including phenoxy) is 1. The molecule has 2 aromatic rings. The number of hydrogen-bond acceptors (Lipinski definition) is 5. The van der Waals surface area contributed by atoms with Crippen LogP contribution < -0.4 is 0 Å². The molecule has 3 heterocycles. The summed E-state index contributed by atoms with van der Waals surface area (Å²) < 4.78 is 12.9. The van der Waals surface area contributed by atoms with Crippen LogP contribution >= 0.6 is 11.8 Å². The van der Waals surface area contributed by atoms with E-state index in [9.17, 15) is 0 Å². The Morgan fingerprint density at radius 2 is 2.44 bits per heavy atom. The number of rotatable bonds is 4. The van der Waals surface area contributed by atoms with Crippen LogP contribution in [0.2, 0.25) is 0 Å². The Morgan fingerprint density at radius 3 is 3.11 bits per heavy atom. The number of nitrogens with zero attached hydrogens (tertiary/aromatic N) is 3. The molecule has 0 unspecified atom stereocenters. The Labute approximate surface area is 110 Å². The van der Waals surface area contributed by atoms with Crippen LogP contribution in [0.15, 0.2) is 28.0 Å². The van der Waals surface area contributed by atoms with E-state index in [4.69, 9.17) is 9.15 Å². The fourth-order valence-corrected chi connectivity index (χ4v) is 3.11. The summed E-state index contributed by atoms with van der Waals surface area (Å²) in [6.45, 7) is 4.57. The molecule has 0 saturated carbocycles. The maximum atomic E-state index is 5.39. The van der Waals surface area contributed by atoms with Gasteiger partial charge < -0.3 is 9.15 Å². The van der Waals surface area contributed by atoms with Gasteiger partial charge in [-0.15, -0.1) is 10.2 Å². The summed E-state index contributed by atoms with van der Waals surface area (Å²) >= 11 is 1.74. The first kappa shape index (κ1) is 11.8. The highest BCUT2D eigenvalue weighted by Gasteiger charge is 2.22. The second-order valence-corrected chi connectivity index (χ2v) is 5.40. The summed E-state index contributed by atoms with van der Waals surface area (Å²) in [5.74, 6) is 1.56. The van der Waals surface area contributed by atoms with E-state index in [1.54, 1.807) is 18.0 Å². The molecule has 0 bridgehead atoms. The molecule has 0 aliphatic carbocycles. The zero-order valence-electron chi connectivity index (χ0n) is 10.2. The lowest BCUT2D eigenvalue weighted by atomic mass is 10.4. The van der Waals surface area contributed by atoms with Gasteiger partial charge in [0.15, 0.2) is 16.7 Å². The van der Waals surface area contributed by atoms with Crippen molar-refractivity contribution in [2.45, 2.75) is 30.3 Å². The topological polar surface area (TPSA) is 53.1 Å². The molecule has 0 N–H and O–H groups in total. The smallest absolute Gasteiger partial charge is 0.200 e. The number of thioether (sulfide) groups is 1. The molecule has 5 nitrogen and oxygen atoms in total. The van der Waals surface area contributed by atoms with Gasteiger partial charge in [-0.3, -0.25) is 4.57 Å². The van der Waals surface area contributed by atoms with Crippen molar-refractivity contribution in [3.8, 4) is 11.6 Å². The van der Waals surface area contributed by atoms with Gasteiger partial charge in [0, 0.05) is 18.4 Å². The minimum Gasteiger partial charge on any atom is -0.461 e. The SMILES string of the molecule is CCn1c(S[C@H]2CCOC2)nnc1-c1ccco1. The summed E-state index contributed by atoms with van der Waals surface area (Å²) in [5, 5.41) is 9.93. The molecule has 2 aromatic heterocycles. The van der Waals surface area contributed by atoms with Gasteiger partial charge in [0.25, 0.3) is 0 Å². The van der Waals surface area contributed by atoms with Gasteiger partial charge in [-0.25, -0.2) is 0 Å². The Kier molecular flexibility index (Phi) is 3.38. The van der Waals surface area contributed by atoms with Crippen LogP contribution in [-0.2, 0) is 11.3 Å². The van der Waals surface area contributed by atoms with Gasteiger partial charge in [-0.1, -0.05) is 11.8 Å². The van der Waals surface area contributed by atoms with Crippen LogP contribution in [0, 0.1) is 0 Å². The first-order chi connectivity index (χ1) is 8.88. The second-order valence-electron chi connectivity index (χ2n) is 4.13. The zero-order valence-corrected chi connectivity index (χ0v) is 11.0. The highest BCUT2D eigenvalue weighted by Crippen LogP contribution is 2.30. The molecule has 1 fully saturated rings. The Hall–Kier alpha value is -1.27. The molecule has 1 saturated heterocycles. The zero-order chi connectivity index (χ0) is 12.4. The molecule has 0 aromatic carbocycles. The summed E-state index contributed by atoms with van der Waals surface area (Å²) in [7, 11) is 0. The van der Waals surface area contributed by atoms with E-state index in [0.717, 1.165) is 42.9 Å². The molecule has 18 heavy (non-hydrogen) atoms. The molecule has 6 heteroatoms. The molecule has 96 valence electrons. The van der Waals surface area contributed by atoms with E-state index in [0.29, 0.717) is 5.25 Å². The lowest BCUT2D eigenvalue weighted by molar-refractivity contribution is 0.199. The van der Waals surface area contributed by atoms with Crippen LogP contribution in [0.5, 0.6) is 0 Å². The predicted molar refractivity (Wildman–Crippen MR) is 68.5 cm³/mol. The third kappa shape index (κ3) is 2.18. The molecule has 0 radical (unpaired) electrons. The van der Waals surface area contributed by atoms with Crippen molar-refractivity contribution in [2.24, 2.45) is 0 Å². The quantitative estimate of drug-likeness (QED) is 0.850. The van der Waals surface area contributed by atoms with Gasteiger partial charge in [-0.05, 0) is 25.5 Å². The van der Waals surface area contributed by atoms with E-state index < -0.39 is 0 Å². The predicted octanol–water partition coefficient (Wildman–Crippen LogP) is 2.44. The van der Waals surface area contributed by atoms with E-state index in [2.05, 4.69) is 21.7 Å². The molecular weight excluding hydrogens is 250 g/mol. The third-order valence-electron chi connectivity index (χ3n) is 2.93. The lowest BCUT2D eigenvalue weighted by Crippen LogP contribution is -2.05. The van der Waals surface area contributed by atoms with Crippen molar-refractivity contribution in [3.05, 3.63) is 18.4 Å². The number of furan rings is 1. The van der Waals surface area contributed by atoms with Crippen molar-refractivity contribution >= 4 is 11.8 Å². The first-order valence-corrected chi connectivity index (χ1v) is 6.98. The first-order valence-electron chi connectivity index (χ1n) is 6.10. The maximum absolute atomic E-state index is 5.39. The second kappa shape index (κ2) is 5.16. The van der Waals surface area contributed by atoms with Crippen molar-refractivity contribution < 1.29 is 9.15 Å². The third-order valence-corrected chi connectivity index (χ3v) is 4.15. The Bertz CT molecular complexity index is 503. The summed E-state index contributed by atoms with van der Waals surface area (Å²) in [6, 6.07) is 3.77. The average molecular weight is 265 g/mol. The Morgan fingerprint density at radius 1 is 1.50 bits per heavy atom. The van der Waals surface area contributed by atoms with Crippen molar-refractivity contribution in [2.75, 3.05) is 13.2 Å². The van der Waals surface area contributed by atoms with Gasteiger partial charge in [0.1, 0.15) is 0 Å². The standard InChI is InChI=1S/C12H15N3O2S/c1-2-15-11(10-4-3-6-17-10)13-14-12(15)18-9-5-7-16-8-9/h3-4,6,9H,2,5,7-8H2,1H3/t9-/m0/s1. The van der Waals surface area contributed by atoms with Crippen molar-refractivity contribution in [1.82, 2.24) is 14.8 Å². The minimum absolute atomic E-state index is 0.490. The highest BCUT2D eigenvalue weighted by molar-refractivity contribution is 7.99. The minimum atomic E-state index is 0.490. The van der Waals surface area contributed by atoms with Crippen LogP contribution in [0.3, 0.4) is 0 Å². The molecule has 0 amide bonds. The van der Waals surface area contributed by atoms with E-state index in [-0.39, 0.29) is 0 Å².